The van der Waals surface area contributed by atoms with Gasteiger partial charge in [-0.2, -0.15) is 5.09 Å². The van der Waals surface area contributed by atoms with E-state index in [1.54, 1.807) is 30.3 Å². The molecular weight excluding hydrogens is 411 g/mol. The predicted octanol–water partition coefficient (Wildman–Crippen LogP) is 4.48. The smallest absolute Gasteiger partial charge is 0.464 e. The van der Waals surface area contributed by atoms with Crippen molar-refractivity contribution in [3.05, 3.63) is 64.7 Å². The van der Waals surface area contributed by atoms with Gasteiger partial charge in [-0.3, -0.25) is 14.9 Å². The summed E-state index contributed by atoms with van der Waals surface area (Å²) in [6.07, 6.45) is 3.21. The largest absolute Gasteiger partial charge is 0.513 e. The van der Waals surface area contributed by atoms with Gasteiger partial charge in [0.15, 0.2) is 0 Å². The van der Waals surface area contributed by atoms with E-state index in [1.165, 1.54) is 31.2 Å². The molecule has 30 heavy (non-hydrogen) atoms. The number of nitrogens with zero attached hydrogens (tertiary/aromatic N) is 1. The Hall–Kier alpha value is -2.90. The molecule has 9 nitrogen and oxygen atoms in total. The van der Waals surface area contributed by atoms with Crippen molar-refractivity contribution in [3.63, 3.8) is 0 Å². The first kappa shape index (κ1) is 21.8. The zero-order chi connectivity index (χ0) is 21.6. The van der Waals surface area contributed by atoms with Gasteiger partial charge in [0.1, 0.15) is 17.5 Å². The second-order valence-electron chi connectivity index (χ2n) is 7.02. The van der Waals surface area contributed by atoms with Crippen LogP contribution in [0.3, 0.4) is 0 Å². The second-order valence-corrected chi connectivity index (χ2v) is 8.64. The van der Waals surface area contributed by atoms with Crippen molar-refractivity contribution in [2.24, 2.45) is 5.92 Å². The molecule has 2 atom stereocenters. The Morgan fingerprint density at radius 2 is 1.73 bits per heavy atom. The molecule has 10 heteroatoms. The summed E-state index contributed by atoms with van der Waals surface area (Å²) in [5.41, 5.74) is -0.137. The van der Waals surface area contributed by atoms with E-state index in [0.29, 0.717) is 12.5 Å². The Bertz CT molecular complexity index is 917. The minimum absolute atomic E-state index is 0.0856. The molecule has 0 saturated heterocycles. The number of benzene rings is 2. The number of carbonyl (C=O) groups excluding carboxylic acids is 1. The minimum Gasteiger partial charge on any atom is -0.464 e. The minimum atomic E-state index is -4.07. The highest BCUT2D eigenvalue weighted by atomic mass is 31.2. The van der Waals surface area contributed by atoms with Crippen LogP contribution in [0.5, 0.6) is 11.5 Å². The number of nitrogens with one attached hydrogen (secondary N) is 1. The molecule has 0 aromatic heterocycles. The highest BCUT2D eigenvalue weighted by Gasteiger charge is 2.34. The number of carbonyl (C=O) groups is 1. The molecule has 2 aromatic rings. The van der Waals surface area contributed by atoms with E-state index in [4.69, 9.17) is 13.8 Å². The van der Waals surface area contributed by atoms with Crippen LogP contribution in [-0.2, 0) is 14.1 Å². The van der Waals surface area contributed by atoms with Crippen molar-refractivity contribution in [3.8, 4) is 11.5 Å². The molecule has 2 unspecified atom stereocenters. The first-order valence-electron chi connectivity index (χ1n) is 9.58. The number of esters is 1. The number of para-hydroxylation sites is 1. The van der Waals surface area contributed by atoms with Crippen LogP contribution in [-0.4, -0.2) is 23.5 Å². The summed E-state index contributed by atoms with van der Waals surface area (Å²) in [6.45, 7) is 1.83. The van der Waals surface area contributed by atoms with Gasteiger partial charge in [-0.25, -0.2) is 4.57 Å². The van der Waals surface area contributed by atoms with Gasteiger partial charge in [-0.1, -0.05) is 24.6 Å². The molecule has 1 aliphatic rings. The zero-order valence-corrected chi connectivity index (χ0v) is 17.3. The van der Waals surface area contributed by atoms with Crippen molar-refractivity contribution in [1.82, 2.24) is 5.09 Å². The fourth-order valence-electron chi connectivity index (χ4n) is 2.73. The van der Waals surface area contributed by atoms with E-state index < -0.39 is 24.7 Å². The fraction of sp³-hybridized carbons (Fsp3) is 0.350. The van der Waals surface area contributed by atoms with Gasteiger partial charge < -0.3 is 13.8 Å². The van der Waals surface area contributed by atoms with Crippen LogP contribution in [0, 0.1) is 16.0 Å². The van der Waals surface area contributed by atoms with E-state index in [2.05, 4.69) is 5.09 Å². The summed E-state index contributed by atoms with van der Waals surface area (Å²) in [5.74, 6) is 0.170. The van der Waals surface area contributed by atoms with E-state index in [9.17, 15) is 19.5 Å². The molecule has 2 aromatic carbocycles. The number of rotatable bonds is 10. The molecule has 0 amide bonds. The summed E-state index contributed by atoms with van der Waals surface area (Å²) in [4.78, 5) is 22.6. The third-order valence-corrected chi connectivity index (χ3v) is 6.24. The Morgan fingerprint density at radius 1 is 1.13 bits per heavy atom. The monoisotopic (exact) mass is 434 g/mol. The number of nitro benzene ring substituents is 1. The predicted molar refractivity (Wildman–Crippen MR) is 109 cm³/mol. The van der Waals surface area contributed by atoms with Crippen LogP contribution in [0.15, 0.2) is 54.6 Å². The van der Waals surface area contributed by atoms with Crippen molar-refractivity contribution >= 4 is 19.4 Å². The van der Waals surface area contributed by atoms with Gasteiger partial charge in [0, 0.05) is 12.1 Å². The van der Waals surface area contributed by atoms with Crippen LogP contribution < -0.4 is 14.1 Å². The first-order chi connectivity index (χ1) is 14.3. The molecule has 3 rings (SSSR count). The van der Waals surface area contributed by atoms with E-state index >= 15 is 0 Å². The van der Waals surface area contributed by atoms with Gasteiger partial charge in [0.2, 0.25) is 0 Å². The van der Waals surface area contributed by atoms with Crippen LogP contribution in [0.4, 0.5) is 5.69 Å². The van der Waals surface area contributed by atoms with Gasteiger partial charge in [0.25, 0.3) is 5.69 Å². The SMILES string of the molecule is CC(NP(=O)(Oc1ccccc1)Oc1ccc([N+](=O)[O-])cc1)C(=O)OCC1CCC1. The lowest BCUT2D eigenvalue weighted by atomic mass is 9.86. The number of ether oxygens (including phenoxy) is 1. The van der Waals surface area contributed by atoms with Crippen molar-refractivity contribution < 1.29 is 28.1 Å². The Balaban J connectivity index is 1.71. The molecule has 160 valence electrons. The first-order valence-corrected chi connectivity index (χ1v) is 11.1. The number of non-ortho nitro benzene ring substituents is 1. The maximum atomic E-state index is 13.4. The standard InChI is InChI=1S/C20H23N2O7P/c1-15(20(23)27-14-16-6-5-7-16)21-30(26,28-18-8-3-2-4-9-18)29-19-12-10-17(11-13-19)22(24)25/h2-4,8-13,15-16H,5-7,14H2,1H3,(H,21,26). The average Bonchev–Trinajstić information content (AvgIpc) is 2.67. The Kier molecular flexibility index (Phi) is 7.07. The third-order valence-electron chi connectivity index (χ3n) is 4.63. The summed E-state index contributed by atoms with van der Waals surface area (Å²) >= 11 is 0. The molecule has 1 aliphatic carbocycles. The number of hydrogen-bond donors (Lipinski definition) is 1. The van der Waals surface area contributed by atoms with Crippen molar-refractivity contribution in [2.75, 3.05) is 6.61 Å². The lowest BCUT2D eigenvalue weighted by Gasteiger charge is -2.26. The lowest BCUT2D eigenvalue weighted by Crippen LogP contribution is -2.37. The molecule has 0 spiro atoms. The maximum absolute atomic E-state index is 13.4. The summed E-state index contributed by atoms with van der Waals surface area (Å²) in [7, 11) is -4.07. The van der Waals surface area contributed by atoms with Crippen LogP contribution in [0.2, 0.25) is 0 Å². The molecule has 0 aliphatic heterocycles. The fourth-order valence-corrected chi connectivity index (χ4v) is 4.25. The summed E-state index contributed by atoms with van der Waals surface area (Å²) < 4.78 is 29.7. The summed E-state index contributed by atoms with van der Waals surface area (Å²) in [5, 5.41) is 13.4. The van der Waals surface area contributed by atoms with E-state index in [0.717, 1.165) is 19.3 Å². The van der Waals surface area contributed by atoms with Crippen LogP contribution in [0.25, 0.3) is 0 Å². The quantitative estimate of drug-likeness (QED) is 0.252. The third kappa shape index (κ3) is 6.05. The van der Waals surface area contributed by atoms with Gasteiger partial charge in [0.05, 0.1) is 11.5 Å². The molecule has 1 fully saturated rings. The average molecular weight is 434 g/mol. The van der Waals surface area contributed by atoms with Crippen LogP contribution in [0.1, 0.15) is 26.2 Å². The van der Waals surface area contributed by atoms with Crippen LogP contribution >= 0.6 is 7.75 Å². The Labute approximate surface area is 174 Å². The highest BCUT2D eigenvalue weighted by Crippen LogP contribution is 2.45. The topological polar surface area (TPSA) is 117 Å². The van der Waals surface area contributed by atoms with Gasteiger partial charge >= 0.3 is 13.7 Å². The maximum Gasteiger partial charge on any atom is 0.513 e. The number of nitro groups is 1. The normalized spacial score (nSPS) is 16.6. The van der Waals surface area contributed by atoms with Gasteiger partial charge in [-0.05, 0) is 49.9 Å². The molecule has 0 bridgehead atoms. The zero-order valence-electron chi connectivity index (χ0n) is 16.4. The second kappa shape index (κ2) is 9.73. The van der Waals surface area contributed by atoms with Gasteiger partial charge in [-0.15, -0.1) is 0 Å². The number of hydrogen-bond acceptors (Lipinski definition) is 7. The molecule has 0 heterocycles. The molecular formula is C20H23N2O7P. The lowest BCUT2D eigenvalue weighted by molar-refractivity contribution is -0.384. The van der Waals surface area contributed by atoms with Crippen molar-refractivity contribution in [1.29, 1.82) is 0 Å². The van der Waals surface area contributed by atoms with E-state index in [-0.39, 0.29) is 17.2 Å². The highest BCUT2D eigenvalue weighted by molar-refractivity contribution is 7.52. The summed E-state index contributed by atoms with van der Waals surface area (Å²) in [6, 6.07) is 12.4. The molecule has 1 saturated carbocycles. The molecule has 1 N–H and O–H groups in total. The Morgan fingerprint density at radius 3 is 2.27 bits per heavy atom. The molecule has 0 radical (unpaired) electrons. The van der Waals surface area contributed by atoms with E-state index in [1.807, 2.05) is 0 Å². The van der Waals surface area contributed by atoms with Crippen molar-refractivity contribution in [2.45, 2.75) is 32.2 Å².